The van der Waals surface area contributed by atoms with Crippen LogP contribution in [0.2, 0.25) is 0 Å². The molecule has 0 unspecified atom stereocenters. The van der Waals surface area contributed by atoms with Crippen LogP contribution in [-0.4, -0.2) is 31.1 Å². The van der Waals surface area contributed by atoms with Crippen molar-refractivity contribution in [3.63, 3.8) is 0 Å². The van der Waals surface area contributed by atoms with Crippen LogP contribution in [0.5, 0.6) is 0 Å². The maximum atomic E-state index is 4.65. The Morgan fingerprint density at radius 2 is 2.21 bits per heavy atom. The SMILES string of the molecule is CCc1nc(CCNC(=NC)NCC2CC2)sc1C. The number of guanidine groups is 1. The molecular formula is C14H24N4S. The van der Waals surface area contributed by atoms with Crippen LogP contribution in [0.1, 0.15) is 35.3 Å². The van der Waals surface area contributed by atoms with Crippen molar-refractivity contribution in [2.45, 2.75) is 39.5 Å². The van der Waals surface area contributed by atoms with Gasteiger partial charge in [-0.05, 0) is 32.1 Å². The summed E-state index contributed by atoms with van der Waals surface area (Å²) in [6.45, 7) is 6.26. The van der Waals surface area contributed by atoms with E-state index in [1.165, 1.54) is 28.4 Å². The van der Waals surface area contributed by atoms with Crippen LogP contribution in [0.4, 0.5) is 0 Å². The molecule has 1 saturated carbocycles. The molecule has 0 radical (unpaired) electrons. The lowest BCUT2D eigenvalue weighted by Gasteiger charge is -2.10. The number of thiazole rings is 1. The zero-order chi connectivity index (χ0) is 13.7. The van der Waals surface area contributed by atoms with E-state index in [1.54, 1.807) is 0 Å². The van der Waals surface area contributed by atoms with Crippen LogP contribution < -0.4 is 10.6 Å². The predicted octanol–water partition coefficient (Wildman–Crippen LogP) is 2.13. The van der Waals surface area contributed by atoms with Gasteiger partial charge in [0.05, 0.1) is 10.7 Å². The van der Waals surface area contributed by atoms with Crippen LogP contribution in [0, 0.1) is 12.8 Å². The molecule has 0 bridgehead atoms. The molecule has 0 amide bonds. The fraction of sp³-hybridized carbons (Fsp3) is 0.714. The molecule has 1 aliphatic carbocycles. The number of hydrogen-bond donors (Lipinski definition) is 2. The molecule has 0 spiro atoms. The second-order valence-corrected chi connectivity index (χ2v) is 6.33. The van der Waals surface area contributed by atoms with E-state index >= 15 is 0 Å². The van der Waals surface area contributed by atoms with Gasteiger partial charge in [-0.1, -0.05) is 6.92 Å². The zero-order valence-electron chi connectivity index (χ0n) is 12.1. The van der Waals surface area contributed by atoms with Crippen LogP contribution in [-0.2, 0) is 12.8 Å². The smallest absolute Gasteiger partial charge is 0.190 e. The number of nitrogens with one attached hydrogen (secondary N) is 2. The van der Waals surface area contributed by atoms with Gasteiger partial charge in [-0.25, -0.2) is 4.98 Å². The lowest BCUT2D eigenvalue weighted by molar-refractivity contribution is 0.733. The molecule has 0 aliphatic heterocycles. The summed E-state index contributed by atoms with van der Waals surface area (Å²) in [5.74, 6) is 1.78. The van der Waals surface area contributed by atoms with Gasteiger partial charge in [0, 0.05) is 31.4 Å². The molecule has 0 atom stereocenters. The van der Waals surface area contributed by atoms with Gasteiger partial charge in [-0.2, -0.15) is 0 Å². The number of rotatable bonds is 6. The van der Waals surface area contributed by atoms with E-state index in [9.17, 15) is 0 Å². The largest absolute Gasteiger partial charge is 0.356 e. The summed E-state index contributed by atoms with van der Waals surface area (Å²) in [7, 11) is 1.82. The number of aromatic nitrogens is 1. The first-order valence-electron chi connectivity index (χ1n) is 7.12. The lowest BCUT2D eigenvalue weighted by atomic mass is 10.3. The second-order valence-electron chi connectivity index (χ2n) is 5.04. The molecule has 2 N–H and O–H groups in total. The van der Waals surface area contributed by atoms with Gasteiger partial charge >= 0.3 is 0 Å². The van der Waals surface area contributed by atoms with Crippen LogP contribution in [0.3, 0.4) is 0 Å². The third-order valence-electron chi connectivity index (χ3n) is 3.38. The number of nitrogens with zero attached hydrogens (tertiary/aromatic N) is 2. The maximum absolute atomic E-state index is 4.65. The Morgan fingerprint density at radius 3 is 2.79 bits per heavy atom. The minimum absolute atomic E-state index is 0.868. The Bertz CT molecular complexity index is 435. The topological polar surface area (TPSA) is 49.3 Å². The first kappa shape index (κ1) is 14.3. The number of hydrogen-bond acceptors (Lipinski definition) is 3. The Labute approximate surface area is 119 Å². The van der Waals surface area contributed by atoms with E-state index in [-0.39, 0.29) is 0 Å². The standard InChI is InChI=1S/C14H24N4S/c1-4-12-10(2)19-13(18-12)7-8-16-14(15-3)17-9-11-5-6-11/h11H,4-9H2,1-3H3,(H2,15,16,17). The maximum Gasteiger partial charge on any atom is 0.190 e. The average Bonchev–Trinajstić information content (AvgIpc) is 3.17. The summed E-state index contributed by atoms with van der Waals surface area (Å²) in [6, 6.07) is 0. The average molecular weight is 280 g/mol. The minimum Gasteiger partial charge on any atom is -0.356 e. The Balaban J connectivity index is 1.71. The lowest BCUT2D eigenvalue weighted by Crippen LogP contribution is -2.39. The zero-order valence-corrected chi connectivity index (χ0v) is 12.9. The van der Waals surface area contributed by atoms with E-state index in [2.05, 4.69) is 34.5 Å². The molecule has 5 heteroatoms. The molecular weight excluding hydrogens is 256 g/mol. The summed E-state index contributed by atoms with van der Waals surface area (Å²) in [5.41, 5.74) is 1.25. The van der Waals surface area contributed by atoms with Crippen molar-refractivity contribution in [3.8, 4) is 0 Å². The van der Waals surface area contributed by atoms with E-state index in [4.69, 9.17) is 0 Å². The Kier molecular flexibility index (Phi) is 5.19. The van der Waals surface area contributed by atoms with Crippen molar-refractivity contribution in [2.75, 3.05) is 20.1 Å². The quantitative estimate of drug-likeness (QED) is 0.620. The van der Waals surface area contributed by atoms with Crippen molar-refractivity contribution in [3.05, 3.63) is 15.6 Å². The normalized spacial score (nSPS) is 15.6. The molecule has 1 aliphatic rings. The third-order valence-corrected chi connectivity index (χ3v) is 4.45. The second kappa shape index (κ2) is 6.89. The van der Waals surface area contributed by atoms with E-state index in [1.807, 2.05) is 18.4 Å². The van der Waals surface area contributed by atoms with Crippen molar-refractivity contribution in [1.82, 2.24) is 15.6 Å². The first-order valence-corrected chi connectivity index (χ1v) is 7.94. The van der Waals surface area contributed by atoms with Gasteiger partial charge in [0.2, 0.25) is 0 Å². The van der Waals surface area contributed by atoms with Crippen molar-refractivity contribution in [2.24, 2.45) is 10.9 Å². The van der Waals surface area contributed by atoms with Gasteiger partial charge in [0.1, 0.15) is 0 Å². The molecule has 19 heavy (non-hydrogen) atoms. The van der Waals surface area contributed by atoms with Gasteiger partial charge in [0.25, 0.3) is 0 Å². The van der Waals surface area contributed by atoms with E-state index in [0.717, 1.165) is 37.8 Å². The monoisotopic (exact) mass is 280 g/mol. The fourth-order valence-electron chi connectivity index (χ4n) is 1.99. The molecule has 2 rings (SSSR count). The number of aliphatic imine (C=N–C) groups is 1. The van der Waals surface area contributed by atoms with Crippen molar-refractivity contribution in [1.29, 1.82) is 0 Å². The highest BCUT2D eigenvalue weighted by Gasteiger charge is 2.20. The molecule has 1 aromatic rings. The minimum atomic E-state index is 0.868. The predicted molar refractivity (Wildman–Crippen MR) is 82.0 cm³/mol. The van der Waals surface area contributed by atoms with Gasteiger partial charge < -0.3 is 10.6 Å². The summed E-state index contributed by atoms with van der Waals surface area (Å²) in [5, 5.41) is 7.94. The highest BCUT2D eigenvalue weighted by atomic mass is 32.1. The third kappa shape index (κ3) is 4.49. The molecule has 4 nitrogen and oxygen atoms in total. The number of aryl methyl sites for hydroxylation is 2. The summed E-state index contributed by atoms with van der Waals surface area (Å²) >= 11 is 1.82. The summed E-state index contributed by atoms with van der Waals surface area (Å²) in [6.07, 6.45) is 4.72. The van der Waals surface area contributed by atoms with E-state index < -0.39 is 0 Å². The summed E-state index contributed by atoms with van der Waals surface area (Å²) < 4.78 is 0. The Hall–Kier alpha value is -1.10. The van der Waals surface area contributed by atoms with Crippen LogP contribution in [0.25, 0.3) is 0 Å². The molecule has 1 aromatic heterocycles. The summed E-state index contributed by atoms with van der Waals surface area (Å²) in [4.78, 5) is 10.2. The Morgan fingerprint density at radius 1 is 1.42 bits per heavy atom. The van der Waals surface area contributed by atoms with Crippen LogP contribution in [0.15, 0.2) is 4.99 Å². The van der Waals surface area contributed by atoms with Gasteiger partial charge in [-0.3, -0.25) is 4.99 Å². The fourth-order valence-corrected chi connectivity index (χ4v) is 3.02. The highest BCUT2D eigenvalue weighted by Crippen LogP contribution is 2.27. The molecule has 1 fully saturated rings. The highest BCUT2D eigenvalue weighted by molar-refractivity contribution is 7.11. The van der Waals surface area contributed by atoms with Crippen LogP contribution >= 0.6 is 11.3 Å². The molecule has 0 aromatic carbocycles. The first-order chi connectivity index (χ1) is 9.22. The van der Waals surface area contributed by atoms with Crippen molar-refractivity contribution < 1.29 is 0 Å². The van der Waals surface area contributed by atoms with Gasteiger partial charge in [0.15, 0.2) is 5.96 Å². The van der Waals surface area contributed by atoms with Gasteiger partial charge in [-0.15, -0.1) is 11.3 Å². The molecule has 0 saturated heterocycles. The van der Waals surface area contributed by atoms with E-state index in [0.29, 0.717) is 0 Å². The molecule has 1 heterocycles. The van der Waals surface area contributed by atoms with Crippen molar-refractivity contribution >= 4 is 17.3 Å². The molecule has 106 valence electrons.